The van der Waals surface area contributed by atoms with Crippen molar-refractivity contribution in [3.05, 3.63) is 35.4 Å². The molecule has 0 saturated heterocycles. The van der Waals surface area contributed by atoms with Gasteiger partial charge in [-0.05, 0) is 50.0 Å². The Balaban J connectivity index is 1.87. The molecule has 0 amide bonds. The van der Waals surface area contributed by atoms with Gasteiger partial charge < -0.3 is 15.4 Å². The molecule has 2 unspecified atom stereocenters. The van der Waals surface area contributed by atoms with E-state index in [9.17, 15) is 0 Å². The van der Waals surface area contributed by atoms with Gasteiger partial charge in [-0.2, -0.15) is 0 Å². The standard InChI is InChI=1S/C17H28N2O/c1-3-19(4-2)11-9-15(18)13-17-16-8-6-5-7-14(16)10-12-20-17/h5-8,15,17H,3-4,9-13,18H2,1-2H3. The molecule has 0 fully saturated rings. The van der Waals surface area contributed by atoms with E-state index < -0.39 is 0 Å². The first-order valence-corrected chi connectivity index (χ1v) is 7.91. The Bertz CT molecular complexity index is 404. The first-order chi connectivity index (χ1) is 9.74. The summed E-state index contributed by atoms with van der Waals surface area (Å²) in [5.74, 6) is 0. The summed E-state index contributed by atoms with van der Waals surface area (Å²) in [5.41, 5.74) is 9.09. The molecule has 2 atom stereocenters. The van der Waals surface area contributed by atoms with E-state index in [4.69, 9.17) is 10.5 Å². The van der Waals surface area contributed by atoms with Gasteiger partial charge in [-0.1, -0.05) is 38.1 Å². The minimum absolute atomic E-state index is 0.187. The molecule has 20 heavy (non-hydrogen) atoms. The second-order valence-corrected chi connectivity index (χ2v) is 5.62. The lowest BCUT2D eigenvalue weighted by molar-refractivity contribution is 0.0310. The predicted molar refractivity (Wildman–Crippen MR) is 83.8 cm³/mol. The van der Waals surface area contributed by atoms with E-state index in [-0.39, 0.29) is 12.1 Å². The van der Waals surface area contributed by atoms with Crippen LogP contribution in [-0.2, 0) is 11.2 Å². The zero-order valence-corrected chi connectivity index (χ0v) is 12.8. The maximum atomic E-state index is 6.31. The van der Waals surface area contributed by atoms with Crippen LogP contribution in [0.2, 0.25) is 0 Å². The molecule has 1 heterocycles. The Morgan fingerprint density at radius 2 is 2.05 bits per heavy atom. The number of benzene rings is 1. The predicted octanol–water partition coefficient (Wildman–Crippen LogP) is 2.75. The summed E-state index contributed by atoms with van der Waals surface area (Å²) in [5, 5.41) is 0. The van der Waals surface area contributed by atoms with Crippen LogP contribution >= 0.6 is 0 Å². The molecule has 1 aromatic carbocycles. The van der Waals surface area contributed by atoms with Gasteiger partial charge in [0, 0.05) is 6.04 Å². The molecule has 0 aliphatic carbocycles. The van der Waals surface area contributed by atoms with Gasteiger partial charge in [0.05, 0.1) is 12.7 Å². The molecule has 2 rings (SSSR count). The summed E-state index contributed by atoms with van der Waals surface area (Å²) in [7, 11) is 0. The Morgan fingerprint density at radius 3 is 2.80 bits per heavy atom. The van der Waals surface area contributed by atoms with Crippen molar-refractivity contribution < 1.29 is 4.74 Å². The Labute approximate surface area is 123 Å². The summed E-state index contributed by atoms with van der Waals surface area (Å²) >= 11 is 0. The van der Waals surface area contributed by atoms with E-state index in [1.807, 2.05) is 0 Å². The van der Waals surface area contributed by atoms with Gasteiger partial charge >= 0.3 is 0 Å². The van der Waals surface area contributed by atoms with Crippen molar-refractivity contribution in [2.45, 2.75) is 45.3 Å². The van der Waals surface area contributed by atoms with Crippen molar-refractivity contribution in [1.82, 2.24) is 4.90 Å². The van der Waals surface area contributed by atoms with E-state index in [0.29, 0.717) is 0 Å². The maximum absolute atomic E-state index is 6.31. The van der Waals surface area contributed by atoms with Gasteiger partial charge in [-0.25, -0.2) is 0 Å². The maximum Gasteiger partial charge on any atom is 0.0842 e. The topological polar surface area (TPSA) is 38.5 Å². The molecule has 1 aliphatic heterocycles. The largest absolute Gasteiger partial charge is 0.373 e. The number of hydrogen-bond donors (Lipinski definition) is 1. The van der Waals surface area contributed by atoms with Crippen LogP contribution in [0.3, 0.4) is 0 Å². The molecule has 2 N–H and O–H groups in total. The first-order valence-electron chi connectivity index (χ1n) is 7.91. The van der Waals surface area contributed by atoms with E-state index >= 15 is 0 Å². The molecule has 112 valence electrons. The highest BCUT2D eigenvalue weighted by atomic mass is 16.5. The van der Waals surface area contributed by atoms with Crippen LogP contribution in [0.15, 0.2) is 24.3 Å². The molecule has 0 saturated carbocycles. The molecule has 1 aromatic rings. The monoisotopic (exact) mass is 276 g/mol. The van der Waals surface area contributed by atoms with Gasteiger partial charge in [0.15, 0.2) is 0 Å². The Hall–Kier alpha value is -0.900. The van der Waals surface area contributed by atoms with Crippen LogP contribution in [0.5, 0.6) is 0 Å². The van der Waals surface area contributed by atoms with Gasteiger partial charge in [0.25, 0.3) is 0 Å². The third kappa shape index (κ3) is 4.05. The highest BCUT2D eigenvalue weighted by molar-refractivity contribution is 5.30. The van der Waals surface area contributed by atoms with E-state index in [0.717, 1.165) is 45.5 Å². The Morgan fingerprint density at radius 1 is 1.30 bits per heavy atom. The lowest BCUT2D eigenvalue weighted by Crippen LogP contribution is -2.32. The number of ether oxygens (including phenoxy) is 1. The van der Waals surface area contributed by atoms with Crippen LogP contribution < -0.4 is 5.73 Å². The summed E-state index contributed by atoms with van der Waals surface area (Å²) < 4.78 is 5.94. The number of nitrogens with zero attached hydrogens (tertiary/aromatic N) is 1. The number of nitrogens with two attached hydrogens (primary N) is 1. The smallest absolute Gasteiger partial charge is 0.0842 e. The second kappa shape index (κ2) is 7.77. The summed E-state index contributed by atoms with van der Waals surface area (Å²) in [6.45, 7) is 8.52. The number of rotatable bonds is 7. The fourth-order valence-electron chi connectivity index (χ4n) is 2.95. The van der Waals surface area contributed by atoms with Crippen molar-refractivity contribution in [2.24, 2.45) is 5.73 Å². The molecule has 1 aliphatic rings. The molecule has 0 aromatic heterocycles. The van der Waals surface area contributed by atoms with E-state index in [1.54, 1.807) is 0 Å². The number of fused-ring (bicyclic) bond motifs is 1. The number of hydrogen-bond acceptors (Lipinski definition) is 3. The van der Waals surface area contributed by atoms with Crippen LogP contribution in [-0.4, -0.2) is 37.2 Å². The van der Waals surface area contributed by atoms with Crippen LogP contribution in [0, 0.1) is 0 Å². The average molecular weight is 276 g/mol. The third-order valence-electron chi connectivity index (χ3n) is 4.32. The van der Waals surface area contributed by atoms with Crippen molar-refractivity contribution in [3.8, 4) is 0 Å². The SMILES string of the molecule is CCN(CC)CCC(N)CC1OCCc2ccccc21. The van der Waals surface area contributed by atoms with Gasteiger partial charge in [-0.15, -0.1) is 0 Å². The molecular formula is C17H28N2O. The fourth-order valence-corrected chi connectivity index (χ4v) is 2.95. The lowest BCUT2D eigenvalue weighted by atomic mass is 9.93. The van der Waals surface area contributed by atoms with Crippen molar-refractivity contribution in [2.75, 3.05) is 26.2 Å². The van der Waals surface area contributed by atoms with Crippen molar-refractivity contribution in [3.63, 3.8) is 0 Å². The fraction of sp³-hybridized carbons (Fsp3) is 0.647. The van der Waals surface area contributed by atoms with Gasteiger partial charge in [-0.3, -0.25) is 0 Å². The molecule has 3 nitrogen and oxygen atoms in total. The van der Waals surface area contributed by atoms with Crippen molar-refractivity contribution in [1.29, 1.82) is 0 Å². The molecule has 3 heteroatoms. The average Bonchev–Trinajstić information content (AvgIpc) is 2.49. The van der Waals surface area contributed by atoms with Crippen LogP contribution in [0.1, 0.15) is 43.9 Å². The molecular weight excluding hydrogens is 248 g/mol. The van der Waals surface area contributed by atoms with Crippen LogP contribution in [0.25, 0.3) is 0 Å². The Kier molecular flexibility index (Phi) is 6.02. The molecule has 0 radical (unpaired) electrons. The molecule has 0 spiro atoms. The van der Waals surface area contributed by atoms with Gasteiger partial charge in [0.1, 0.15) is 0 Å². The minimum Gasteiger partial charge on any atom is -0.373 e. The first kappa shape index (κ1) is 15.5. The highest BCUT2D eigenvalue weighted by Gasteiger charge is 2.22. The van der Waals surface area contributed by atoms with Gasteiger partial charge in [0.2, 0.25) is 0 Å². The quantitative estimate of drug-likeness (QED) is 0.832. The minimum atomic E-state index is 0.187. The lowest BCUT2D eigenvalue weighted by Gasteiger charge is -2.29. The zero-order chi connectivity index (χ0) is 14.4. The third-order valence-corrected chi connectivity index (χ3v) is 4.32. The summed E-state index contributed by atoms with van der Waals surface area (Å²) in [6.07, 6.45) is 3.19. The van der Waals surface area contributed by atoms with E-state index in [2.05, 4.69) is 43.0 Å². The second-order valence-electron chi connectivity index (χ2n) is 5.62. The van der Waals surface area contributed by atoms with Crippen molar-refractivity contribution >= 4 is 0 Å². The zero-order valence-electron chi connectivity index (χ0n) is 12.8. The molecule has 0 bridgehead atoms. The summed E-state index contributed by atoms with van der Waals surface area (Å²) in [6, 6.07) is 8.83. The highest BCUT2D eigenvalue weighted by Crippen LogP contribution is 2.30. The summed E-state index contributed by atoms with van der Waals surface area (Å²) in [4.78, 5) is 2.43. The van der Waals surface area contributed by atoms with E-state index in [1.165, 1.54) is 11.1 Å². The van der Waals surface area contributed by atoms with Crippen LogP contribution in [0.4, 0.5) is 0 Å². The normalized spacial score (nSPS) is 19.9.